The van der Waals surface area contributed by atoms with Gasteiger partial charge < -0.3 is 14.8 Å². The molecule has 0 aliphatic heterocycles. The van der Waals surface area contributed by atoms with Crippen molar-refractivity contribution in [3.8, 4) is 11.5 Å². The Balaban J connectivity index is 2.10. The summed E-state index contributed by atoms with van der Waals surface area (Å²) >= 11 is 1.56. The number of amides is 1. The number of thioether (sulfide) groups is 1. The summed E-state index contributed by atoms with van der Waals surface area (Å²) in [6.45, 7) is 6.01. The normalized spacial score (nSPS) is 11.7. The highest BCUT2D eigenvalue weighted by molar-refractivity contribution is 8.00. The van der Waals surface area contributed by atoms with Gasteiger partial charge in [-0.25, -0.2) is 0 Å². The number of rotatable bonds is 6. The van der Waals surface area contributed by atoms with Gasteiger partial charge in [0.25, 0.3) is 0 Å². The lowest BCUT2D eigenvalue weighted by atomic mass is 10.2. The van der Waals surface area contributed by atoms with Gasteiger partial charge in [0.15, 0.2) is 0 Å². The van der Waals surface area contributed by atoms with E-state index in [9.17, 15) is 4.79 Å². The molecule has 2 aromatic rings. The molecule has 0 spiro atoms. The lowest BCUT2D eigenvalue weighted by Gasteiger charge is -2.15. The molecule has 4 nitrogen and oxygen atoms in total. The van der Waals surface area contributed by atoms with Crippen LogP contribution in [-0.2, 0) is 4.79 Å². The highest BCUT2D eigenvalue weighted by atomic mass is 32.2. The van der Waals surface area contributed by atoms with Gasteiger partial charge in [0.05, 0.1) is 19.5 Å². The molecule has 1 unspecified atom stereocenters. The minimum atomic E-state index is -0.220. The number of methoxy groups -OCH3 is 2. The monoisotopic (exact) mass is 345 g/mol. The summed E-state index contributed by atoms with van der Waals surface area (Å²) in [5.41, 5.74) is 3.02. The molecule has 0 aromatic heterocycles. The smallest absolute Gasteiger partial charge is 0.237 e. The summed E-state index contributed by atoms with van der Waals surface area (Å²) < 4.78 is 10.5. The third-order valence-electron chi connectivity index (χ3n) is 3.64. The topological polar surface area (TPSA) is 47.6 Å². The summed E-state index contributed by atoms with van der Waals surface area (Å²) in [6.07, 6.45) is 0. The Kier molecular flexibility index (Phi) is 6.15. The molecule has 2 aromatic carbocycles. The fourth-order valence-corrected chi connectivity index (χ4v) is 3.26. The van der Waals surface area contributed by atoms with Gasteiger partial charge >= 0.3 is 0 Å². The van der Waals surface area contributed by atoms with Crippen molar-refractivity contribution in [3.63, 3.8) is 0 Å². The Labute approximate surface area is 147 Å². The lowest BCUT2D eigenvalue weighted by molar-refractivity contribution is -0.115. The summed E-state index contributed by atoms with van der Waals surface area (Å²) in [4.78, 5) is 13.6. The maximum Gasteiger partial charge on any atom is 0.237 e. The van der Waals surface area contributed by atoms with E-state index >= 15 is 0 Å². The molecule has 128 valence electrons. The minimum Gasteiger partial charge on any atom is -0.497 e. The summed E-state index contributed by atoms with van der Waals surface area (Å²) in [5.74, 6) is 1.22. The molecule has 0 fully saturated rings. The number of ether oxygens (including phenoxy) is 2. The number of benzene rings is 2. The van der Waals surface area contributed by atoms with Crippen molar-refractivity contribution < 1.29 is 14.3 Å². The number of anilines is 1. The van der Waals surface area contributed by atoms with Crippen LogP contribution in [0, 0.1) is 13.8 Å². The third kappa shape index (κ3) is 4.68. The molecule has 0 radical (unpaired) electrons. The Morgan fingerprint density at radius 1 is 1.04 bits per heavy atom. The molecule has 1 amide bonds. The highest BCUT2D eigenvalue weighted by Gasteiger charge is 2.16. The molecule has 0 saturated carbocycles. The van der Waals surface area contributed by atoms with Crippen LogP contribution in [0.15, 0.2) is 41.3 Å². The van der Waals surface area contributed by atoms with Crippen LogP contribution in [0.1, 0.15) is 18.1 Å². The predicted molar refractivity (Wildman–Crippen MR) is 99.4 cm³/mol. The first-order valence-electron chi connectivity index (χ1n) is 7.70. The molecule has 1 atom stereocenters. The maximum absolute atomic E-state index is 12.5. The van der Waals surface area contributed by atoms with Gasteiger partial charge in [0.1, 0.15) is 11.5 Å². The van der Waals surface area contributed by atoms with Crippen LogP contribution in [0.5, 0.6) is 11.5 Å². The van der Waals surface area contributed by atoms with Gasteiger partial charge in [0.2, 0.25) is 5.91 Å². The molecule has 1 N–H and O–H groups in total. The number of carbonyl (C=O) groups is 1. The SMILES string of the molecule is COc1cc(NC(=O)C(C)Sc2cc(C)ccc2C)cc(OC)c1. The van der Waals surface area contributed by atoms with Crippen molar-refractivity contribution in [2.24, 2.45) is 0 Å². The molecule has 0 saturated heterocycles. The number of nitrogens with one attached hydrogen (secondary N) is 1. The summed E-state index contributed by atoms with van der Waals surface area (Å²) in [6, 6.07) is 11.6. The first kappa shape index (κ1) is 18.2. The van der Waals surface area contributed by atoms with E-state index in [-0.39, 0.29) is 11.2 Å². The van der Waals surface area contributed by atoms with Gasteiger partial charge in [0, 0.05) is 28.8 Å². The Morgan fingerprint density at radius 3 is 2.25 bits per heavy atom. The van der Waals surface area contributed by atoms with E-state index in [4.69, 9.17) is 9.47 Å². The second-order valence-corrected chi connectivity index (χ2v) is 7.00. The van der Waals surface area contributed by atoms with E-state index in [1.165, 1.54) is 11.1 Å². The van der Waals surface area contributed by atoms with Gasteiger partial charge in [-0.1, -0.05) is 17.7 Å². The van der Waals surface area contributed by atoms with Crippen molar-refractivity contribution in [2.45, 2.75) is 30.9 Å². The fraction of sp³-hybridized carbons (Fsp3) is 0.316. The average Bonchev–Trinajstić information content (AvgIpc) is 2.57. The predicted octanol–water partition coefficient (Wildman–Crippen LogP) is 4.44. The minimum absolute atomic E-state index is 0.0591. The van der Waals surface area contributed by atoms with Crippen LogP contribution >= 0.6 is 11.8 Å². The largest absolute Gasteiger partial charge is 0.497 e. The van der Waals surface area contributed by atoms with E-state index in [2.05, 4.69) is 37.4 Å². The molecule has 0 bridgehead atoms. The van der Waals surface area contributed by atoms with E-state index < -0.39 is 0 Å². The first-order chi connectivity index (χ1) is 11.4. The van der Waals surface area contributed by atoms with Crippen LogP contribution in [-0.4, -0.2) is 25.4 Å². The number of hydrogen-bond donors (Lipinski definition) is 1. The van der Waals surface area contributed by atoms with Crippen LogP contribution < -0.4 is 14.8 Å². The molecule has 2 rings (SSSR count). The number of aryl methyl sites for hydroxylation is 2. The van der Waals surface area contributed by atoms with Crippen molar-refractivity contribution in [1.82, 2.24) is 0 Å². The second kappa shape index (κ2) is 8.11. The van der Waals surface area contributed by atoms with Gasteiger partial charge in [-0.05, 0) is 32.4 Å². The number of hydrogen-bond acceptors (Lipinski definition) is 4. The summed E-state index contributed by atoms with van der Waals surface area (Å²) in [5, 5.41) is 2.71. The third-order valence-corrected chi connectivity index (χ3v) is 4.90. The van der Waals surface area contributed by atoms with E-state index in [0.29, 0.717) is 17.2 Å². The van der Waals surface area contributed by atoms with E-state index in [1.807, 2.05) is 6.92 Å². The van der Waals surface area contributed by atoms with E-state index in [1.54, 1.807) is 44.2 Å². The summed E-state index contributed by atoms with van der Waals surface area (Å²) in [7, 11) is 3.17. The van der Waals surface area contributed by atoms with Gasteiger partial charge in [-0.3, -0.25) is 4.79 Å². The van der Waals surface area contributed by atoms with Crippen LogP contribution in [0.2, 0.25) is 0 Å². The first-order valence-corrected chi connectivity index (χ1v) is 8.58. The number of carbonyl (C=O) groups excluding carboxylic acids is 1. The lowest BCUT2D eigenvalue weighted by Crippen LogP contribution is -2.22. The van der Waals surface area contributed by atoms with Crippen LogP contribution in [0.3, 0.4) is 0 Å². The van der Waals surface area contributed by atoms with E-state index in [0.717, 1.165) is 4.90 Å². The van der Waals surface area contributed by atoms with Crippen molar-refractivity contribution >= 4 is 23.4 Å². The van der Waals surface area contributed by atoms with Crippen LogP contribution in [0.4, 0.5) is 5.69 Å². The van der Waals surface area contributed by atoms with Crippen molar-refractivity contribution in [2.75, 3.05) is 19.5 Å². The van der Waals surface area contributed by atoms with Crippen LogP contribution in [0.25, 0.3) is 0 Å². The zero-order chi connectivity index (χ0) is 17.7. The standard InChI is InChI=1S/C19H23NO3S/c1-12-6-7-13(2)18(8-12)24-14(3)19(21)20-15-9-16(22-4)11-17(10-15)23-5/h6-11,14H,1-5H3,(H,20,21). The molecule has 24 heavy (non-hydrogen) atoms. The Morgan fingerprint density at radius 2 is 1.67 bits per heavy atom. The fourth-order valence-electron chi connectivity index (χ4n) is 2.20. The molecule has 0 heterocycles. The highest BCUT2D eigenvalue weighted by Crippen LogP contribution is 2.30. The maximum atomic E-state index is 12.5. The molecular weight excluding hydrogens is 322 g/mol. The molecule has 5 heteroatoms. The Hall–Kier alpha value is -2.14. The van der Waals surface area contributed by atoms with Gasteiger partial charge in [-0.2, -0.15) is 0 Å². The molecular formula is C19H23NO3S. The average molecular weight is 345 g/mol. The van der Waals surface area contributed by atoms with Crippen molar-refractivity contribution in [3.05, 3.63) is 47.5 Å². The quantitative estimate of drug-likeness (QED) is 0.786. The van der Waals surface area contributed by atoms with Crippen molar-refractivity contribution in [1.29, 1.82) is 0 Å². The molecule has 0 aliphatic carbocycles. The molecule has 0 aliphatic rings. The second-order valence-electron chi connectivity index (χ2n) is 5.62. The zero-order valence-corrected chi connectivity index (χ0v) is 15.5. The zero-order valence-electron chi connectivity index (χ0n) is 14.7. The Bertz CT molecular complexity index is 708. The van der Waals surface area contributed by atoms with Gasteiger partial charge in [-0.15, -0.1) is 11.8 Å².